The first-order valence-corrected chi connectivity index (χ1v) is 9.16. The van der Waals surface area contributed by atoms with Crippen LogP contribution in [0, 0.1) is 28.6 Å². The van der Waals surface area contributed by atoms with Crippen molar-refractivity contribution in [3.8, 4) is 0 Å². The molecule has 6 fully saturated rings. The Hall–Kier alpha value is -0.0800. The fourth-order valence-electron chi connectivity index (χ4n) is 6.80. The van der Waals surface area contributed by atoms with Crippen LogP contribution in [0.1, 0.15) is 51.4 Å². The Morgan fingerprint density at radius 2 is 1.60 bits per heavy atom. The minimum Gasteiger partial charge on any atom is -0.315 e. The molecule has 6 aliphatic rings. The van der Waals surface area contributed by atoms with Crippen molar-refractivity contribution in [3.05, 3.63) is 0 Å². The van der Waals surface area contributed by atoms with Gasteiger partial charge in [0.25, 0.3) is 0 Å². The van der Waals surface area contributed by atoms with E-state index in [-0.39, 0.29) is 0 Å². The molecule has 1 aliphatic heterocycles. The van der Waals surface area contributed by atoms with Gasteiger partial charge in [0, 0.05) is 32.7 Å². The predicted octanol–water partition coefficient (Wildman–Crippen LogP) is 2.89. The van der Waals surface area contributed by atoms with Gasteiger partial charge >= 0.3 is 0 Å². The van der Waals surface area contributed by atoms with Crippen molar-refractivity contribution in [3.63, 3.8) is 0 Å². The van der Waals surface area contributed by atoms with Crippen LogP contribution >= 0.6 is 0 Å². The minimum absolute atomic E-state index is 0.693. The van der Waals surface area contributed by atoms with Gasteiger partial charge < -0.3 is 10.2 Å². The Morgan fingerprint density at radius 1 is 0.950 bits per heavy atom. The smallest absolute Gasteiger partial charge is 0.0107 e. The summed E-state index contributed by atoms with van der Waals surface area (Å²) in [6.45, 7) is 6.68. The zero-order valence-electron chi connectivity index (χ0n) is 12.9. The van der Waals surface area contributed by atoms with E-state index in [1.165, 1.54) is 45.6 Å². The highest BCUT2D eigenvalue weighted by Crippen LogP contribution is 2.60. The van der Waals surface area contributed by atoms with Gasteiger partial charge in [-0.3, -0.25) is 0 Å². The zero-order chi connectivity index (χ0) is 13.2. The quantitative estimate of drug-likeness (QED) is 0.833. The number of hydrogen-bond acceptors (Lipinski definition) is 2. The van der Waals surface area contributed by atoms with E-state index in [9.17, 15) is 0 Å². The van der Waals surface area contributed by atoms with Gasteiger partial charge in [-0.25, -0.2) is 0 Å². The van der Waals surface area contributed by atoms with Gasteiger partial charge in [-0.15, -0.1) is 0 Å². The fraction of sp³-hybridized carbons (Fsp3) is 1.00. The molecule has 0 aromatic rings. The summed E-state index contributed by atoms with van der Waals surface area (Å²) < 4.78 is 0. The maximum Gasteiger partial charge on any atom is 0.0107 e. The molecule has 0 atom stereocenters. The summed E-state index contributed by atoms with van der Waals surface area (Å²) in [5.41, 5.74) is 1.44. The Morgan fingerprint density at radius 3 is 2.20 bits per heavy atom. The van der Waals surface area contributed by atoms with Gasteiger partial charge in [0.05, 0.1) is 0 Å². The third-order valence-electron chi connectivity index (χ3n) is 7.35. The third kappa shape index (κ3) is 2.06. The van der Waals surface area contributed by atoms with E-state index in [0.717, 1.165) is 23.2 Å². The van der Waals surface area contributed by atoms with Gasteiger partial charge in [0.1, 0.15) is 0 Å². The summed E-state index contributed by atoms with van der Waals surface area (Å²) in [7, 11) is 0. The monoisotopic (exact) mass is 274 g/mol. The van der Waals surface area contributed by atoms with Crippen molar-refractivity contribution in [2.45, 2.75) is 51.4 Å². The maximum absolute atomic E-state index is 3.70. The molecule has 0 radical (unpaired) electrons. The normalized spacial score (nSPS) is 49.5. The molecule has 0 amide bonds. The lowest BCUT2D eigenvalue weighted by molar-refractivity contribution is -0.0698. The Labute approximate surface area is 123 Å². The van der Waals surface area contributed by atoms with E-state index < -0.39 is 0 Å². The van der Waals surface area contributed by atoms with Crippen LogP contribution < -0.4 is 5.32 Å². The molecule has 20 heavy (non-hydrogen) atoms. The second-order valence-electron chi connectivity index (χ2n) is 9.30. The van der Waals surface area contributed by atoms with Crippen LogP contribution in [0.15, 0.2) is 0 Å². The minimum atomic E-state index is 0.693. The lowest BCUT2D eigenvalue weighted by atomic mass is 9.49. The second-order valence-corrected chi connectivity index (χ2v) is 9.30. The Bertz CT molecular complexity index is 363. The average Bonchev–Trinajstić information content (AvgIpc) is 3.15. The molecule has 1 saturated heterocycles. The highest BCUT2D eigenvalue weighted by molar-refractivity contribution is 5.04. The van der Waals surface area contributed by atoms with Crippen LogP contribution in [-0.2, 0) is 0 Å². The molecule has 1 heterocycles. The maximum atomic E-state index is 3.70. The van der Waals surface area contributed by atoms with Crippen molar-refractivity contribution < 1.29 is 0 Å². The van der Waals surface area contributed by atoms with E-state index in [4.69, 9.17) is 0 Å². The lowest BCUT2D eigenvalue weighted by Crippen LogP contribution is -2.52. The molecule has 0 unspecified atom stereocenters. The standard InChI is InChI=1S/C18H30N2/c1-2-17(1)11-19-3-4-20(12-17)13-18-8-14-5-15(9-18)7-16(6-14)10-18/h14-16,19H,1-13H2. The van der Waals surface area contributed by atoms with E-state index in [2.05, 4.69) is 10.2 Å². The van der Waals surface area contributed by atoms with Gasteiger partial charge in [0.2, 0.25) is 0 Å². The van der Waals surface area contributed by atoms with E-state index in [0.29, 0.717) is 5.41 Å². The molecule has 0 aromatic carbocycles. The first kappa shape index (κ1) is 12.5. The number of hydrogen-bond donors (Lipinski definition) is 1. The van der Waals surface area contributed by atoms with Crippen molar-refractivity contribution in [2.75, 3.05) is 32.7 Å². The summed E-state index contributed by atoms with van der Waals surface area (Å²) >= 11 is 0. The summed E-state index contributed by atoms with van der Waals surface area (Å²) in [5.74, 6) is 3.34. The molecule has 2 heteroatoms. The molecule has 0 aromatic heterocycles. The number of rotatable bonds is 2. The van der Waals surface area contributed by atoms with Crippen LogP contribution in [0.2, 0.25) is 0 Å². The Balaban J connectivity index is 1.33. The van der Waals surface area contributed by atoms with Crippen molar-refractivity contribution in [1.82, 2.24) is 10.2 Å². The number of nitrogens with zero attached hydrogens (tertiary/aromatic N) is 1. The predicted molar refractivity (Wildman–Crippen MR) is 81.6 cm³/mol. The van der Waals surface area contributed by atoms with Crippen LogP contribution in [0.3, 0.4) is 0 Å². The molecular weight excluding hydrogens is 244 g/mol. The van der Waals surface area contributed by atoms with Crippen LogP contribution in [0.4, 0.5) is 0 Å². The van der Waals surface area contributed by atoms with E-state index in [1.807, 2.05) is 0 Å². The first-order valence-electron chi connectivity index (χ1n) is 9.16. The van der Waals surface area contributed by atoms with Crippen molar-refractivity contribution in [2.24, 2.45) is 28.6 Å². The highest BCUT2D eigenvalue weighted by atomic mass is 15.2. The van der Waals surface area contributed by atoms with Gasteiger partial charge in [-0.05, 0) is 80.0 Å². The topological polar surface area (TPSA) is 15.3 Å². The second kappa shape index (κ2) is 4.23. The van der Waals surface area contributed by atoms with Gasteiger partial charge in [0.15, 0.2) is 0 Å². The molecule has 1 spiro atoms. The highest BCUT2D eigenvalue weighted by Gasteiger charge is 2.52. The third-order valence-corrected chi connectivity index (χ3v) is 7.35. The molecule has 4 bridgehead atoms. The summed E-state index contributed by atoms with van der Waals surface area (Å²) in [6.07, 6.45) is 12.5. The molecule has 2 nitrogen and oxygen atoms in total. The summed E-state index contributed by atoms with van der Waals surface area (Å²) in [5, 5.41) is 3.70. The van der Waals surface area contributed by atoms with E-state index >= 15 is 0 Å². The zero-order valence-corrected chi connectivity index (χ0v) is 12.9. The van der Waals surface area contributed by atoms with Crippen LogP contribution in [0.25, 0.3) is 0 Å². The molecule has 6 rings (SSSR count). The summed E-state index contributed by atoms with van der Waals surface area (Å²) in [4.78, 5) is 2.88. The molecule has 5 saturated carbocycles. The van der Waals surface area contributed by atoms with Crippen molar-refractivity contribution >= 4 is 0 Å². The van der Waals surface area contributed by atoms with Gasteiger partial charge in [-0.2, -0.15) is 0 Å². The van der Waals surface area contributed by atoms with Crippen LogP contribution in [0.5, 0.6) is 0 Å². The van der Waals surface area contributed by atoms with E-state index in [1.54, 1.807) is 38.5 Å². The molecule has 112 valence electrons. The Kier molecular flexibility index (Phi) is 2.63. The van der Waals surface area contributed by atoms with Crippen molar-refractivity contribution in [1.29, 1.82) is 0 Å². The van der Waals surface area contributed by atoms with Crippen LogP contribution in [-0.4, -0.2) is 37.6 Å². The first-order chi connectivity index (χ1) is 9.73. The molecule has 5 aliphatic carbocycles. The fourth-order valence-corrected chi connectivity index (χ4v) is 6.80. The SMILES string of the molecule is C1CN(CC23CC4CC(CC(C4)C2)C3)CC2(CC2)CN1. The molecule has 1 N–H and O–H groups in total. The van der Waals surface area contributed by atoms with Gasteiger partial charge in [-0.1, -0.05) is 0 Å². The number of nitrogens with one attached hydrogen (secondary N) is 1. The average molecular weight is 274 g/mol. The molecular formula is C18H30N2. The summed E-state index contributed by atoms with van der Waals surface area (Å²) in [6, 6.07) is 0. The largest absolute Gasteiger partial charge is 0.315 e. The lowest BCUT2D eigenvalue weighted by Gasteiger charge is -2.58.